The molecule has 0 spiro atoms. The first-order valence-electron chi connectivity index (χ1n) is 7.80. The molecule has 1 amide bonds. The summed E-state index contributed by atoms with van der Waals surface area (Å²) < 4.78 is 2.27. The Hall–Kier alpha value is -2.28. The number of thioether (sulfide) groups is 1. The molecule has 6 nitrogen and oxygen atoms in total. The molecule has 0 saturated carbocycles. The summed E-state index contributed by atoms with van der Waals surface area (Å²) >= 11 is 1.76. The van der Waals surface area contributed by atoms with Crippen LogP contribution in [0.5, 0.6) is 0 Å². The van der Waals surface area contributed by atoms with E-state index in [1.165, 1.54) is 23.9 Å². The summed E-state index contributed by atoms with van der Waals surface area (Å²) in [4.78, 5) is 39.2. The number of rotatable bonds is 2. The van der Waals surface area contributed by atoms with Gasteiger partial charge in [-0.25, -0.2) is 4.79 Å². The van der Waals surface area contributed by atoms with Gasteiger partial charge in [-0.05, 0) is 18.6 Å². The zero-order chi connectivity index (χ0) is 17.3. The van der Waals surface area contributed by atoms with Crippen molar-refractivity contribution in [3.05, 3.63) is 57.4 Å². The lowest BCUT2D eigenvalue weighted by atomic mass is 10.2. The second-order valence-corrected chi connectivity index (χ2v) is 7.33. The first-order valence-corrected chi connectivity index (χ1v) is 8.68. The third-order valence-electron chi connectivity index (χ3n) is 4.11. The highest BCUT2D eigenvalue weighted by molar-refractivity contribution is 8.00. The van der Waals surface area contributed by atoms with E-state index in [9.17, 15) is 14.4 Å². The van der Waals surface area contributed by atoms with Gasteiger partial charge in [-0.2, -0.15) is 0 Å². The minimum atomic E-state index is -0.485. The topological polar surface area (TPSA) is 64.3 Å². The van der Waals surface area contributed by atoms with Gasteiger partial charge in [-0.3, -0.25) is 18.7 Å². The minimum absolute atomic E-state index is 0.0830. The Balaban J connectivity index is 1.92. The number of hydrogen-bond acceptors (Lipinski definition) is 4. The third kappa shape index (κ3) is 3.17. The van der Waals surface area contributed by atoms with Crippen LogP contribution in [0.2, 0.25) is 0 Å². The Kier molecular flexibility index (Phi) is 4.62. The van der Waals surface area contributed by atoms with Gasteiger partial charge in [0.15, 0.2) is 0 Å². The Labute approximate surface area is 143 Å². The summed E-state index contributed by atoms with van der Waals surface area (Å²) in [5, 5.41) is 0.421. The van der Waals surface area contributed by atoms with E-state index in [4.69, 9.17) is 0 Å². The van der Waals surface area contributed by atoms with E-state index in [-0.39, 0.29) is 18.0 Å². The number of amides is 1. The number of carbonyl (C=O) groups excluding carboxylic acids is 1. The van der Waals surface area contributed by atoms with Gasteiger partial charge >= 0.3 is 5.69 Å². The van der Waals surface area contributed by atoms with Gasteiger partial charge in [0.2, 0.25) is 5.91 Å². The summed E-state index contributed by atoms with van der Waals surface area (Å²) in [5.74, 6) is -0.155. The monoisotopic (exact) mass is 345 g/mol. The minimum Gasteiger partial charge on any atom is -0.310 e. The van der Waals surface area contributed by atoms with Crippen molar-refractivity contribution in [2.24, 2.45) is 7.05 Å². The molecular formula is C17H19N3O3S. The maximum absolute atomic E-state index is 12.8. The molecule has 0 radical (unpaired) electrons. The van der Waals surface area contributed by atoms with Crippen LogP contribution in [0, 0.1) is 0 Å². The van der Waals surface area contributed by atoms with Crippen LogP contribution in [0.25, 0.3) is 0 Å². The van der Waals surface area contributed by atoms with E-state index in [0.717, 1.165) is 21.6 Å². The van der Waals surface area contributed by atoms with E-state index in [2.05, 4.69) is 6.92 Å². The summed E-state index contributed by atoms with van der Waals surface area (Å²) in [5.41, 5.74) is 0.0189. The van der Waals surface area contributed by atoms with Crippen molar-refractivity contribution in [1.82, 2.24) is 9.13 Å². The Morgan fingerprint density at radius 2 is 2.00 bits per heavy atom. The SMILES string of the molecule is C[C@@H]1CCN(C(=O)Cn2ccc(=O)n(C)c2=O)c2ccccc2S1. The van der Waals surface area contributed by atoms with Crippen LogP contribution in [-0.4, -0.2) is 26.8 Å². The van der Waals surface area contributed by atoms with E-state index >= 15 is 0 Å². The molecule has 0 bridgehead atoms. The van der Waals surface area contributed by atoms with Gasteiger partial charge in [-0.15, -0.1) is 11.8 Å². The number of fused-ring (bicyclic) bond motifs is 1. The van der Waals surface area contributed by atoms with Crippen molar-refractivity contribution < 1.29 is 4.79 Å². The zero-order valence-corrected chi connectivity index (χ0v) is 14.5. The average molecular weight is 345 g/mol. The van der Waals surface area contributed by atoms with Crippen LogP contribution in [0.1, 0.15) is 13.3 Å². The third-order valence-corrected chi connectivity index (χ3v) is 5.35. The highest BCUT2D eigenvalue weighted by atomic mass is 32.2. The summed E-state index contributed by atoms with van der Waals surface area (Å²) in [6, 6.07) is 9.11. The standard InChI is InChI=1S/C17H19N3O3S/c1-12-7-10-20(13-5-3-4-6-14(13)24-12)16(22)11-19-9-8-15(21)18(2)17(19)23/h3-6,8-9,12H,7,10-11H2,1-2H3/t12-/m1/s1. The molecular weight excluding hydrogens is 326 g/mol. The summed E-state index contributed by atoms with van der Waals surface area (Å²) in [6.45, 7) is 2.68. The number of benzene rings is 1. The van der Waals surface area contributed by atoms with Crippen molar-refractivity contribution in [2.75, 3.05) is 11.4 Å². The molecule has 1 aromatic carbocycles. The second kappa shape index (κ2) is 6.68. The average Bonchev–Trinajstić information content (AvgIpc) is 2.73. The fourth-order valence-corrected chi connectivity index (χ4v) is 3.83. The second-order valence-electron chi connectivity index (χ2n) is 5.85. The zero-order valence-electron chi connectivity index (χ0n) is 13.6. The van der Waals surface area contributed by atoms with Crippen LogP contribution in [0.4, 0.5) is 5.69 Å². The number of para-hydroxylation sites is 1. The molecule has 7 heteroatoms. The van der Waals surface area contributed by atoms with E-state index < -0.39 is 5.69 Å². The first kappa shape index (κ1) is 16.6. The van der Waals surface area contributed by atoms with Crippen LogP contribution in [0.3, 0.4) is 0 Å². The molecule has 2 aromatic rings. The van der Waals surface area contributed by atoms with Crippen molar-refractivity contribution in [3.8, 4) is 0 Å². The number of carbonyl (C=O) groups is 1. The van der Waals surface area contributed by atoms with Gasteiger partial charge in [0.25, 0.3) is 5.56 Å². The molecule has 0 aliphatic carbocycles. The van der Waals surface area contributed by atoms with E-state index in [1.807, 2.05) is 24.3 Å². The molecule has 1 aromatic heterocycles. The van der Waals surface area contributed by atoms with E-state index in [1.54, 1.807) is 16.7 Å². The largest absolute Gasteiger partial charge is 0.331 e. The van der Waals surface area contributed by atoms with Gasteiger partial charge < -0.3 is 4.90 Å². The lowest BCUT2D eigenvalue weighted by Gasteiger charge is -2.23. The molecule has 0 saturated heterocycles. The summed E-state index contributed by atoms with van der Waals surface area (Å²) in [6.07, 6.45) is 2.26. The number of nitrogens with zero attached hydrogens (tertiary/aromatic N) is 3. The van der Waals surface area contributed by atoms with E-state index in [0.29, 0.717) is 11.8 Å². The molecule has 24 heavy (non-hydrogen) atoms. The van der Waals surface area contributed by atoms with Gasteiger partial charge in [0, 0.05) is 36.0 Å². The summed E-state index contributed by atoms with van der Waals surface area (Å²) in [7, 11) is 1.41. The fraction of sp³-hybridized carbons (Fsp3) is 0.353. The Bertz CT molecular complexity index is 887. The van der Waals surface area contributed by atoms with Crippen molar-refractivity contribution in [2.45, 2.75) is 30.0 Å². The van der Waals surface area contributed by atoms with Gasteiger partial charge in [0.1, 0.15) is 6.54 Å². The Morgan fingerprint density at radius 1 is 1.25 bits per heavy atom. The fourth-order valence-electron chi connectivity index (χ4n) is 2.71. The number of aromatic nitrogens is 2. The highest BCUT2D eigenvalue weighted by Gasteiger charge is 2.24. The highest BCUT2D eigenvalue weighted by Crippen LogP contribution is 2.37. The van der Waals surface area contributed by atoms with Gasteiger partial charge in [-0.1, -0.05) is 19.1 Å². The molecule has 0 unspecified atom stereocenters. The molecule has 3 rings (SSSR count). The molecule has 1 aliphatic rings. The predicted octanol–water partition coefficient (Wildman–Crippen LogP) is 1.46. The molecule has 1 atom stereocenters. The normalized spacial score (nSPS) is 17.2. The maximum atomic E-state index is 12.8. The molecule has 126 valence electrons. The lowest BCUT2D eigenvalue weighted by molar-refractivity contribution is -0.119. The van der Waals surface area contributed by atoms with Crippen molar-refractivity contribution in [3.63, 3.8) is 0 Å². The van der Waals surface area contributed by atoms with Gasteiger partial charge in [0.05, 0.1) is 5.69 Å². The number of anilines is 1. The predicted molar refractivity (Wildman–Crippen MR) is 94.7 cm³/mol. The Morgan fingerprint density at radius 3 is 2.79 bits per heavy atom. The molecule has 0 N–H and O–H groups in total. The lowest BCUT2D eigenvalue weighted by Crippen LogP contribution is -2.42. The van der Waals surface area contributed by atoms with Crippen molar-refractivity contribution in [1.29, 1.82) is 0 Å². The van der Waals surface area contributed by atoms with Crippen LogP contribution < -0.4 is 16.1 Å². The van der Waals surface area contributed by atoms with Crippen LogP contribution in [-0.2, 0) is 18.4 Å². The molecule has 2 heterocycles. The van der Waals surface area contributed by atoms with Crippen LogP contribution in [0.15, 0.2) is 51.0 Å². The first-order chi connectivity index (χ1) is 11.5. The quantitative estimate of drug-likeness (QED) is 0.827. The smallest absolute Gasteiger partial charge is 0.310 e. The molecule has 1 aliphatic heterocycles. The van der Waals surface area contributed by atoms with Crippen molar-refractivity contribution >= 4 is 23.4 Å². The number of hydrogen-bond donors (Lipinski definition) is 0. The van der Waals surface area contributed by atoms with Crippen LogP contribution >= 0.6 is 11.8 Å². The molecule has 0 fully saturated rings. The maximum Gasteiger partial charge on any atom is 0.331 e.